The van der Waals surface area contributed by atoms with Crippen molar-refractivity contribution in [2.24, 2.45) is 5.41 Å². The van der Waals surface area contributed by atoms with Crippen molar-refractivity contribution >= 4 is 55.4 Å². The number of piperidine rings is 1. The average molecular weight is 1010 g/mol. The first-order chi connectivity index (χ1) is 34.7. The number of rotatable bonds is 11. The molecule has 1 amide bonds. The number of sulfonamides is 1. The molecule has 0 radical (unpaired) electrons. The number of likely N-dealkylation sites (tertiary alicyclic amines) is 1. The number of anilines is 4. The van der Waals surface area contributed by atoms with Crippen LogP contribution >= 0.6 is 0 Å². The second-order valence-electron chi connectivity index (χ2n) is 20.9. The van der Waals surface area contributed by atoms with Crippen LogP contribution in [-0.4, -0.2) is 123 Å². The molecule has 6 aliphatic heterocycles. The van der Waals surface area contributed by atoms with Gasteiger partial charge in [0.15, 0.2) is 11.4 Å². The number of halogens is 1. The normalized spacial score (nSPS) is 24.7. The molecular weight excluding hydrogens is 948 g/mol. The van der Waals surface area contributed by atoms with Crippen molar-refractivity contribution in [3.05, 3.63) is 94.2 Å². The highest BCUT2D eigenvalue weighted by Crippen LogP contribution is 2.55. The first-order valence-corrected chi connectivity index (χ1v) is 26.7. The Morgan fingerprint density at radius 3 is 2.57 bits per heavy atom. The summed E-state index contributed by atoms with van der Waals surface area (Å²) in [5.74, 6) is 0.220. The molecule has 1 spiro atoms. The zero-order valence-corrected chi connectivity index (χ0v) is 41.1. The fraction of sp³-hybridized carbons (Fsp3) is 0.500. The van der Waals surface area contributed by atoms with Gasteiger partial charge in [0.25, 0.3) is 21.6 Å². The minimum atomic E-state index is -4.77. The molecule has 5 aromatic rings. The second-order valence-corrected chi connectivity index (χ2v) is 22.6. The number of alkyl halides is 1. The molecule has 380 valence electrons. The lowest BCUT2D eigenvalue weighted by molar-refractivity contribution is -0.384. The minimum absolute atomic E-state index is 0.0452. The molecule has 8 heterocycles. The smallest absolute Gasteiger partial charge is 0.297 e. The Hall–Kier alpha value is -6.22. The number of carbonyl (C=O) groups is 1. The summed E-state index contributed by atoms with van der Waals surface area (Å²) < 4.78 is 76.7. The molecule has 0 bridgehead atoms. The third kappa shape index (κ3) is 8.32. The molecule has 2 aromatic heterocycles. The largest absolute Gasteiger partial charge is 0.491 e. The zero-order valence-electron chi connectivity index (χ0n) is 40.3. The first-order valence-electron chi connectivity index (χ1n) is 25.2. The van der Waals surface area contributed by atoms with E-state index in [4.69, 9.17) is 28.7 Å². The van der Waals surface area contributed by atoms with Crippen molar-refractivity contribution in [1.82, 2.24) is 19.6 Å². The number of hydrogen-bond donors (Lipinski definition) is 3. The van der Waals surface area contributed by atoms with Crippen molar-refractivity contribution in [2.45, 2.75) is 112 Å². The number of amides is 1. The van der Waals surface area contributed by atoms with Crippen LogP contribution in [0.4, 0.5) is 32.8 Å². The standard InChI is InChI=1S/C52H59FN8O10S/c1-31(2)70-43-8-4-3-6-36(43)38-7-5-17-59(38)34-26-51(27-34)12-18-58(19-13-51)33-9-10-37(39(23-33)60-41-22-32-11-16-54-48(32)56-50(41)71-45-29-68-28-42(45)60)49(62)57-72(65,66)35-24-40(61(63)64)47-44(25-35)69-30-46(55-47)52(53)14-20-67-21-15-52/h3-4,6,8-11,16,22-25,31,34,38,42,45-46,55H,5,7,12-15,17-21,26-30H2,1-2H3,(H,54,56)(H,57,62)/t38-,42+,45+,46-/m0/s1. The van der Waals surface area contributed by atoms with Crippen LogP contribution in [-0.2, 0) is 19.5 Å². The molecule has 7 aliphatic rings. The number of carbonyl (C=O) groups excluding carboxylic acids is 1. The Balaban J connectivity index is 0.827. The van der Waals surface area contributed by atoms with Gasteiger partial charge in [0.2, 0.25) is 5.88 Å². The van der Waals surface area contributed by atoms with Crippen LogP contribution in [0.25, 0.3) is 11.0 Å². The molecule has 4 saturated heterocycles. The highest BCUT2D eigenvalue weighted by Gasteiger charge is 2.51. The molecule has 12 rings (SSSR count). The van der Waals surface area contributed by atoms with Gasteiger partial charge in [-0.25, -0.2) is 17.5 Å². The number of pyridine rings is 1. The molecular formula is C52H59FN8O10S. The van der Waals surface area contributed by atoms with E-state index in [0.717, 1.165) is 87.1 Å². The number of aromatic amines is 1. The molecule has 20 heteroatoms. The maximum Gasteiger partial charge on any atom is 0.297 e. The van der Waals surface area contributed by atoms with Gasteiger partial charge in [-0.05, 0) is 101 Å². The van der Waals surface area contributed by atoms with Gasteiger partial charge in [-0.1, -0.05) is 18.2 Å². The predicted molar refractivity (Wildman–Crippen MR) is 266 cm³/mol. The van der Waals surface area contributed by atoms with Crippen LogP contribution in [0.1, 0.15) is 87.2 Å². The Labute approximate surface area is 416 Å². The van der Waals surface area contributed by atoms with E-state index in [2.05, 4.69) is 62.9 Å². The Bertz CT molecular complexity index is 3040. The van der Waals surface area contributed by atoms with Gasteiger partial charge in [0.1, 0.15) is 35.5 Å². The quantitative estimate of drug-likeness (QED) is 0.0849. The van der Waals surface area contributed by atoms with E-state index < -0.39 is 55.3 Å². The van der Waals surface area contributed by atoms with Gasteiger partial charge >= 0.3 is 0 Å². The van der Waals surface area contributed by atoms with Gasteiger partial charge in [0, 0.05) is 86.2 Å². The van der Waals surface area contributed by atoms with Crippen LogP contribution in [0.3, 0.4) is 0 Å². The zero-order chi connectivity index (χ0) is 49.5. The molecule has 1 saturated carbocycles. The summed E-state index contributed by atoms with van der Waals surface area (Å²) in [6.07, 6.45) is 8.17. The van der Waals surface area contributed by atoms with Crippen LogP contribution in [0.15, 0.2) is 77.8 Å². The van der Waals surface area contributed by atoms with E-state index in [-0.39, 0.29) is 74.4 Å². The maximum absolute atomic E-state index is 16.0. The average Bonchev–Trinajstić information content (AvgIpc) is 4.16. The molecule has 3 aromatic carbocycles. The maximum atomic E-state index is 16.0. The summed E-state index contributed by atoms with van der Waals surface area (Å²) in [5.41, 5.74) is 1.55. The summed E-state index contributed by atoms with van der Waals surface area (Å²) in [7, 11) is -4.77. The molecule has 0 unspecified atom stereocenters. The number of H-pyrrole nitrogens is 1. The topological polar surface area (TPSA) is 203 Å². The molecule has 72 heavy (non-hydrogen) atoms. The number of benzene rings is 3. The fourth-order valence-electron chi connectivity index (χ4n) is 12.4. The number of nitro benzene ring substituents is 1. The third-order valence-electron chi connectivity index (χ3n) is 16.2. The lowest BCUT2D eigenvalue weighted by Crippen LogP contribution is -2.55. The Kier molecular flexibility index (Phi) is 11.7. The summed E-state index contributed by atoms with van der Waals surface area (Å²) in [5, 5.41) is 16.2. The number of ether oxygens (including phenoxy) is 5. The summed E-state index contributed by atoms with van der Waals surface area (Å²) >= 11 is 0. The van der Waals surface area contributed by atoms with Crippen LogP contribution in [0.2, 0.25) is 0 Å². The fourth-order valence-corrected chi connectivity index (χ4v) is 13.4. The number of nitrogens with zero attached hydrogens (tertiary/aromatic N) is 5. The Morgan fingerprint density at radius 2 is 1.78 bits per heavy atom. The number of fused-ring (bicyclic) bond motifs is 4. The molecule has 5 fully saturated rings. The van der Waals surface area contributed by atoms with Crippen LogP contribution < -0.4 is 34.0 Å². The van der Waals surface area contributed by atoms with Crippen molar-refractivity contribution in [3.63, 3.8) is 0 Å². The third-order valence-corrected chi connectivity index (χ3v) is 17.5. The first kappa shape index (κ1) is 46.8. The van der Waals surface area contributed by atoms with Gasteiger partial charge in [-0.3, -0.25) is 19.8 Å². The highest BCUT2D eigenvalue weighted by molar-refractivity contribution is 7.90. The highest BCUT2D eigenvalue weighted by atomic mass is 32.2. The monoisotopic (exact) mass is 1010 g/mol. The van der Waals surface area contributed by atoms with Crippen LogP contribution in [0, 0.1) is 15.5 Å². The Morgan fingerprint density at radius 1 is 0.972 bits per heavy atom. The van der Waals surface area contributed by atoms with E-state index in [9.17, 15) is 23.3 Å². The van der Waals surface area contributed by atoms with E-state index in [1.807, 2.05) is 29.2 Å². The SMILES string of the molecule is CC(C)Oc1ccccc1[C@@H]1CCCN1C1CC2(CCN(c3ccc(C(=O)NS(=O)(=O)c4cc5c(c([N+](=O)[O-])c4)N[C@H](C4(F)CCOCC4)CO5)c(N4c5cc6cc[nH]c6nc5O[C@@H]5COC[C@H]54)c3)CC2)C1. The number of aromatic nitrogens is 2. The number of hydrogen-bond acceptors (Lipinski definition) is 15. The van der Waals surface area contributed by atoms with Gasteiger partial charge in [-0.2, -0.15) is 4.98 Å². The van der Waals surface area contributed by atoms with Crippen molar-refractivity contribution in [1.29, 1.82) is 0 Å². The molecule has 18 nitrogen and oxygen atoms in total. The van der Waals surface area contributed by atoms with E-state index in [1.165, 1.54) is 5.56 Å². The lowest BCUT2D eigenvalue weighted by Gasteiger charge is -2.56. The summed E-state index contributed by atoms with van der Waals surface area (Å²) in [6.45, 7) is 7.56. The summed E-state index contributed by atoms with van der Waals surface area (Å²) in [4.78, 5) is 40.9. The number of nitrogens with one attached hydrogen (secondary N) is 3. The lowest BCUT2D eigenvalue weighted by atomic mass is 9.60. The number of para-hydroxylation sites is 1. The minimum Gasteiger partial charge on any atom is -0.491 e. The molecule has 3 N–H and O–H groups in total. The molecule has 4 atom stereocenters. The van der Waals surface area contributed by atoms with Crippen LogP contribution in [0.5, 0.6) is 17.4 Å². The van der Waals surface area contributed by atoms with E-state index >= 15 is 4.39 Å². The van der Waals surface area contributed by atoms with Crippen molar-refractivity contribution in [2.75, 3.05) is 67.8 Å². The van der Waals surface area contributed by atoms with Gasteiger partial charge in [0.05, 0.1) is 52.5 Å². The van der Waals surface area contributed by atoms with Gasteiger partial charge < -0.3 is 43.8 Å². The predicted octanol–water partition coefficient (Wildman–Crippen LogP) is 7.95. The number of nitro groups is 1. The van der Waals surface area contributed by atoms with Crippen molar-refractivity contribution in [3.8, 4) is 17.4 Å². The summed E-state index contributed by atoms with van der Waals surface area (Å²) in [6, 6.07) is 19.3. The van der Waals surface area contributed by atoms with Crippen molar-refractivity contribution < 1.29 is 46.2 Å². The van der Waals surface area contributed by atoms with E-state index in [0.29, 0.717) is 35.0 Å². The second kappa shape index (κ2) is 18.1. The molecule has 1 aliphatic carbocycles. The van der Waals surface area contributed by atoms with Gasteiger partial charge in [-0.15, -0.1) is 0 Å². The van der Waals surface area contributed by atoms with E-state index in [1.54, 1.807) is 12.3 Å².